The van der Waals surface area contributed by atoms with Crippen LogP contribution in [0.25, 0.3) is 0 Å². The summed E-state index contributed by atoms with van der Waals surface area (Å²) in [5, 5.41) is 8.84. The number of hydrogen-bond donors (Lipinski definition) is 1. The Kier molecular flexibility index (Phi) is 2.96. The summed E-state index contributed by atoms with van der Waals surface area (Å²) < 4.78 is 5.01. The lowest BCUT2D eigenvalue weighted by atomic mass is 10.2. The summed E-state index contributed by atoms with van der Waals surface area (Å²) in [6, 6.07) is 0. The van der Waals surface area contributed by atoms with E-state index in [1.165, 1.54) is 7.11 Å². The third-order valence-corrected chi connectivity index (χ3v) is 2.33. The lowest BCUT2D eigenvalue weighted by molar-refractivity contribution is 0.0690. The van der Waals surface area contributed by atoms with E-state index in [9.17, 15) is 4.79 Å². The van der Waals surface area contributed by atoms with Crippen LogP contribution in [0.2, 0.25) is 5.02 Å². The summed E-state index contributed by atoms with van der Waals surface area (Å²) in [6.07, 6.45) is 0. The van der Waals surface area contributed by atoms with Gasteiger partial charge in [-0.1, -0.05) is 11.6 Å². The van der Waals surface area contributed by atoms with Gasteiger partial charge in [-0.15, -0.1) is 0 Å². The van der Waals surface area contributed by atoms with E-state index in [-0.39, 0.29) is 10.7 Å². The fourth-order valence-electron chi connectivity index (χ4n) is 1.12. The molecule has 0 aliphatic carbocycles. The zero-order valence-corrected chi connectivity index (χ0v) is 8.84. The molecule has 0 atom stereocenters. The van der Waals surface area contributed by atoms with Crippen LogP contribution in [0.15, 0.2) is 0 Å². The molecule has 5 heteroatoms. The van der Waals surface area contributed by atoms with Gasteiger partial charge < -0.3 is 9.84 Å². The van der Waals surface area contributed by atoms with E-state index in [4.69, 9.17) is 21.4 Å². The van der Waals surface area contributed by atoms with E-state index in [0.29, 0.717) is 11.4 Å². The van der Waals surface area contributed by atoms with Crippen molar-refractivity contribution in [2.24, 2.45) is 0 Å². The first kappa shape index (κ1) is 10.8. The number of rotatable bonds is 2. The molecule has 0 amide bonds. The number of carboxylic acids is 1. The Morgan fingerprint density at radius 1 is 1.50 bits per heavy atom. The smallest absolute Gasteiger partial charge is 0.356 e. The van der Waals surface area contributed by atoms with Crippen LogP contribution < -0.4 is 4.74 Å². The third-order valence-electron chi connectivity index (χ3n) is 1.98. The number of carboxylic acid groups (broad SMARTS) is 1. The Balaban J connectivity index is 3.50. The van der Waals surface area contributed by atoms with E-state index in [2.05, 4.69) is 4.98 Å². The van der Waals surface area contributed by atoms with Crippen molar-refractivity contribution in [2.45, 2.75) is 13.8 Å². The predicted octanol–water partition coefficient (Wildman–Crippen LogP) is 2.06. The predicted molar refractivity (Wildman–Crippen MR) is 52.2 cm³/mol. The Morgan fingerprint density at radius 2 is 2.07 bits per heavy atom. The largest absolute Gasteiger partial charge is 0.495 e. The maximum atomic E-state index is 10.8. The molecule has 0 radical (unpaired) electrons. The zero-order chi connectivity index (χ0) is 10.9. The van der Waals surface area contributed by atoms with Crippen molar-refractivity contribution in [3.8, 4) is 5.75 Å². The molecule has 0 aromatic carbocycles. The van der Waals surface area contributed by atoms with Gasteiger partial charge in [0.1, 0.15) is 10.8 Å². The van der Waals surface area contributed by atoms with Gasteiger partial charge in [0.25, 0.3) is 0 Å². The number of ether oxygens (including phenoxy) is 1. The molecule has 1 aromatic rings. The van der Waals surface area contributed by atoms with Crippen molar-refractivity contribution in [1.82, 2.24) is 4.98 Å². The van der Waals surface area contributed by atoms with Crippen LogP contribution in [0, 0.1) is 13.8 Å². The summed E-state index contributed by atoms with van der Waals surface area (Å²) in [6.45, 7) is 3.49. The minimum atomic E-state index is -1.16. The minimum absolute atomic E-state index is 0.0445. The molecule has 4 nitrogen and oxygen atoms in total. The van der Waals surface area contributed by atoms with E-state index < -0.39 is 5.97 Å². The molecule has 1 aromatic heterocycles. The maximum Gasteiger partial charge on any atom is 0.356 e. The highest BCUT2D eigenvalue weighted by Gasteiger charge is 2.18. The molecule has 0 fully saturated rings. The Morgan fingerprint density at radius 3 is 2.50 bits per heavy atom. The van der Waals surface area contributed by atoms with Crippen LogP contribution in [0.5, 0.6) is 5.75 Å². The monoisotopic (exact) mass is 215 g/mol. The number of nitrogens with zero attached hydrogens (tertiary/aromatic N) is 1. The minimum Gasteiger partial charge on any atom is -0.495 e. The van der Waals surface area contributed by atoms with Gasteiger partial charge in [0.05, 0.1) is 7.11 Å². The van der Waals surface area contributed by atoms with Gasteiger partial charge in [-0.3, -0.25) is 0 Å². The summed E-state index contributed by atoms with van der Waals surface area (Å²) >= 11 is 5.81. The first-order valence-electron chi connectivity index (χ1n) is 3.93. The van der Waals surface area contributed by atoms with Crippen LogP contribution in [0.4, 0.5) is 0 Å². The first-order chi connectivity index (χ1) is 6.49. The molecule has 0 saturated carbocycles. The fourth-order valence-corrected chi connectivity index (χ4v) is 1.46. The number of methoxy groups -OCH3 is 1. The topological polar surface area (TPSA) is 59.4 Å². The molecule has 1 heterocycles. The summed E-state index contributed by atoms with van der Waals surface area (Å²) in [7, 11) is 1.44. The molecule has 0 bridgehead atoms. The van der Waals surface area contributed by atoms with Gasteiger partial charge >= 0.3 is 5.97 Å². The van der Waals surface area contributed by atoms with Crippen molar-refractivity contribution in [3.63, 3.8) is 0 Å². The van der Waals surface area contributed by atoms with Crippen LogP contribution in [-0.2, 0) is 0 Å². The molecular weight excluding hydrogens is 206 g/mol. The molecule has 0 unspecified atom stereocenters. The van der Waals surface area contributed by atoms with Gasteiger partial charge in [0.2, 0.25) is 0 Å². The van der Waals surface area contributed by atoms with Gasteiger partial charge in [-0.05, 0) is 13.8 Å². The number of hydrogen-bond acceptors (Lipinski definition) is 3. The Bertz CT molecular complexity index is 390. The van der Waals surface area contributed by atoms with Crippen molar-refractivity contribution < 1.29 is 14.6 Å². The lowest BCUT2D eigenvalue weighted by Crippen LogP contribution is -2.06. The average Bonchev–Trinajstić information content (AvgIpc) is 2.12. The summed E-state index contributed by atoms with van der Waals surface area (Å²) in [5.74, 6) is -0.784. The van der Waals surface area contributed by atoms with Crippen molar-refractivity contribution in [1.29, 1.82) is 0 Å². The fraction of sp³-hybridized carbons (Fsp3) is 0.333. The lowest BCUT2D eigenvalue weighted by Gasteiger charge is -2.10. The molecule has 0 aliphatic rings. The molecule has 0 spiro atoms. The SMILES string of the molecule is COc1c(C)c(C)nc(C(=O)O)c1Cl. The van der Waals surface area contributed by atoms with E-state index in [0.717, 1.165) is 5.56 Å². The van der Waals surface area contributed by atoms with E-state index in [1.807, 2.05) is 0 Å². The number of aromatic nitrogens is 1. The highest BCUT2D eigenvalue weighted by Crippen LogP contribution is 2.31. The first-order valence-corrected chi connectivity index (χ1v) is 4.30. The number of aromatic carboxylic acids is 1. The second-order valence-corrected chi connectivity index (χ2v) is 3.20. The number of halogens is 1. The van der Waals surface area contributed by atoms with E-state index >= 15 is 0 Å². The number of carbonyl (C=O) groups is 1. The molecule has 1 N–H and O–H groups in total. The van der Waals surface area contributed by atoms with Gasteiger partial charge in [0, 0.05) is 11.3 Å². The molecule has 1 rings (SSSR count). The highest BCUT2D eigenvalue weighted by atomic mass is 35.5. The second-order valence-electron chi connectivity index (χ2n) is 2.82. The summed E-state index contributed by atoms with van der Waals surface area (Å²) in [4.78, 5) is 14.6. The quantitative estimate of drug-likeness (QED) is 0.821. The van der Waals surface area contributed by atoms with Gasteiger partial charge in [-0.2, -0.15) is 0 Å². The van der Waals surface area contributed by atoms with Crippen molar-refractivity contribution in [3.05, 3.63) is 22.0 Å². The van der Waals surface area contributed by atoms with Crippen LogP contribution in [0.1, 0.15) is 21.7 Å². The standard InChI is InChI=1S/C9H10ClNO3/c1-4-5(2)11-7(9(12)13)6(10)8(4)14-3/h1-3H3,(H,12,13). The molecule has 14 heavy (non-hydrogen) atoms. The normalized spacial score (nSPS) is 10.0. The van der Waals surface area contributed by atoms with Crippen LogP contribution in [0.3, 0.4) is 0 Å². The second kappa shape index (κ2) is 3.84. The van der Waals surface area contributed by atoms with Gasteiger partial charge in [-0.25, -0.2) is 9.78 Å². The van der Waals surface area contributed by atoms with Crippen LogP contribution in [-0.4, -0.2) is 23.2 Å². The Hall–Kier alpha value is -1.29. The number of pyridine rings is 1. The summed E-state index contributed by atoms with van der Waals surface area (Å²) in [5.41, 5.74) is 1.18. The average molecular weight is 216 g/mol. The van der Waals surface area contributed by atoms with E-state index in [1.54, 1.807) is 13.8 Å². The maximum absolute atomic E-state index is 10.8. The highest BCUT2D eigenvalue weighted by molar-refractivity contribution is 6.34. The molecule has 76 valence electrons. The Labute approximate surface area is 86.5 Å². The third kappa shape index (κ3) is 1.65. The molecule has 0 saturated heterocycles. The van der Waals surface area contributed by atoms with Crippen molar-refractivity contribution >= 4 is 17.6 Å². The molecule has 0 aliphatic heterocycles. The van der Waals surface area contributed by atoms with Gasteiger partial charge in [0.15, 0.2) is 5.69 Å². The van der Waals surface area contributed by atoms with Crippen molar-refractivity contribution in [2.75, 3.05) is 7.11 Å². The number of aryl methyl sites for hydroxylation is 1. The zero-order valence-electron chi connectivity index (χ0n) is 8.09. The molecular formula is C9H10ClNO3. The van der Waals surface area contributed by atoms with Crippen LogP contribution >= 0.6 is 11.6 Å².